The van der Waals surface area contributed by atoms with E-state index in [2.05, 4.69) is 0 Å². The van der Waals surface area contributed by atoms with Gasteiger partial charge < -0.3 is 10.0 Å². The molecule has 0 fully saturated rings. The van der Waals surface area contributed by atoms with E-state index in [1.54, 1.807) is 13.8 Å². The molecule has 0 aliphatic heterocycles. The average molecular weight is 363 g/mol. The van der Waals surface area contributed by atoms with E-state index in [9.17, 15) is 28.7 Å². The van der Waals surface area contributed by atoms with E-state index in [1.807, 2.05) is 0 Å². The Morgan fingerprint density at radius 3 is 2.19 bits per heavy atom. The summed E-state index contributed by atoms with van der Waals surface area (Å²) in [5.74, 6) is -2.50. The third kappa shape index (κ3) is 3.71. The lowest BCUT2D eigenvalue weighted by atomic mass is 10.2. The topological polar surface area (TPSA) is 102 Å². The molecule has 2 aromatic rings. The molecule has 0 unspecified atom stereocenters. The van der Waals surface area contributed by atoms with Crippen molar-refractivity contribution in [1.82, 2.24) is 14.0 Å². The summed E-state index contributed by atoms with van der Waals surface area (Å²) in [7, 11) is 0. The Kier molecular flexibility index (Phi) is 5.71. The standard InChI is InChI=1S/C17H18FN3O5/c1-3-19(4-2)14(22)10-20-9-13(16(24)25)15(23)21(17(20)26)12-7-5-11(18)6-8-12/h5-9H,3-4,10H2,1-2H3,(H,24,25). The maximum Gasteiger partial charge on any atom is 0.342 e. The van der Waals surface area contributed by atoms with Gasteiger partial charge in [-0.1, -0.05) is 0 Å². The molecule has 0 bridgehead atoms. The van der Waals surface area contributed by atoms with Gasteiger partial charge in [0.05, 0.1) is 5.69 Å². The van der Waals surface area contributed by atoms with E-state index < -0.39 is 41.1 Å². The van der Waals surface area contributed by atoms with Gasteiger partial charge in [-0.2, -0.15) is 0 Å². The molecule has 9 heteroatoms. The summed E-state index contributed by atoms with van der Waals surface area (Å²) in [6, 6.07) is 4.45. The number of benzene rings is 1. The largest absolute Gasteiger partial charge is 0.477 e. The molecule has 1 N–H and O–H groups in total. The van der Waals surface area contributed by atoms with Crippen molar-refractivity contribution >= 4 is 11.9 Å². The highest BCUT2D eigenvalue weighted by Crippen LogP contribution is 2.06. The van der Waals surface area contributed by atoms with Crippen LogP contribution in [0, 0.1) is 5.82 Å². The van der Waals surface area contributed by atoms with Crippen molar-refractivity contribution in [2.45, 2.75) is 20.4 Å². The maximum absolute atomic E-state index is 13.1. The Balaban J connectivity index is 2.65. The number of amides is 1. The van der Waals surface area contributed by atoms with Crippen LogP contribution in [-0.4, -0.2) is 44.1 Å². The molecule has 2 rings (SSSR count). The molecule has 0 saturated carbocycles. The summed E-state index contributed by atoms with van der Waals surface area (Å²) in [6.07, 6.45) is 0.856. The third-order valence-electron chi connectivity index (χ3n) is 3.89. The zero-order valence-corrected chi connectivity index (χ0v) is 14.3. The molecule has 0 radical (unpaired) electrons. The smallest absolute Gasteiger partial charge is 0.342 e. The Labute approximate surface area is 147 Å². The molecule has 1 aromatic heterocycles. The number of hydrogen-bond donors (Lipinski definition) is 1. The summed E-state index contributed by atoms with van der Waals surface area (Å²) in [4.78, 5) is 50.1. The van der Waals surface area contributed by atoms with Crippen LogP contribution in [0.4, 0.5) is 4.39 Å². The fraction of sp³-hybridized carbons (Fsp3) is 0.294. The van der Waals surface area contributed by atoms with Gasteiger partial charge in [-0.3, -0.25) is 14.2 Å². The Morgan fingerprint density at radius 1 is 1.12 bits per heavy atom. The first-order valence-corrected chi connectivity index (χ1v) is 7.93. The number of carboxylic acid groups (broad SMARTS) is 1. The molecular formula is C17H18FN3O5. The van der Waals surface area contributed by atoms with E-state index in [0.29, 0.717) is 17.7 Å². The van der Waals surface area contributed by atoms with Crippen LogP contribution in [0.25, 0.3) is 5.69 Å². The minimum atomic E-state index is -1.53. The summed E-state index contributed by atoms with van der Waals surface area (Å²) >= 11 is 0. The van der Waals surface area contributed by atoms with Gasteiger partial charge in [0.2, 0.25) is 5.91 Å². The highest BCUT2D eigenvalue weighted by Gasteiger charge is 2.20. The van der Waals surface area contributed by atoms with Gasteiger partial charge >= 0.3 is 11.7 Å². The fourth-order valence-corrected chi connectivity index (χ4v) is 2.50. The van der Waals surface area contributed by atoms with Gasteiger partial charge in [-0.05, 0) is 38.1 Å². The first kappa shape index (κ1) is 19.1. The molecule has 138 valence electrons. The number of likely N-dealkylation sites (N-methyl/N-ethyl adjacent to an activating group) is 1. The molecule has 8 nitrogen and oxygen atoms in total. The summed E-state index contributed by atoms with van der Waals surface area (Å²) < 4.78 is 14.6. The van der Waals surface area contributed by atoms with Crippen molar-refractivity contribution in [3.05, 3.63) is 62.7 Å². The van der Waals surface area contributed by atoms with Crippen molar-refractivity contribution in [3.63, 3.8) is 0 Å². The Hall–Kier alpha value is -3.23. The molecule has 0 atom stereocenters. The molecular weight excluding hydrogens is 345 g/mol. The van der Waals surface area contributed by atoms with E-state index in [1.165, 1.54) is 17.0 Å². The quantitative estimate of drug-likeness (QED) is 0.814. The number of halogens is 1. The van der Waals surface area contributed by atoms with Gasteiger partial charge in [-0.15, -0.1) is 0 Å². The number of aromatic nitrogens is 2. The predicted octanol–water partition coefficient (Wildman–Crippen LogP) is 0.705. The van der Waals surface area contributed by atoms with Crippen LogP contribution in [0.5, 0.6) is 0 Å². The second-order valence-electron chi connectivity index (χ2n) is 5.44. The van der Waals surface area contributed by atoms with Crippen LogP contribution in [0.3, 0.4) is 0 Å². The molecule has 1 aromatic carbocycles. The Bertz CT molecular complexity index is 942. The lowest BCUT2D eigenvalue weighted by Crippen LogP contribution is -2.44. The number of aromatic carboxylic acids is 1. The summed E-state index contributed by atoms with van der Waals surface area (Å²) in [5, 5.41) is 9.25. The van der Waals surface area contributed by atoms with Gasteiger partial charge in [-0.25, -0.2) is 18.5 Å². The monoisotopic (exact) mass is 363 g/mol. The van der Waals surface area contributed by atoms with E-state index >= 15 is 0 Å². The van der Waals surface area contributed by atoms with Crippen LogP contribution >= 0.6 is 0 Å². The minimum Gasteiger partial charge on any atom is -0.477 e. The number of carbonyl (C=O) groups excluding carboxylic acids is 1. The molecule has 1 heterocycles. The lowest BCUT2D eigenvalue weighted by molar-refractivity contribution is -0.131. The number of nitrogens with zero attached hydrogens (tertiary/aromatic N) is 3. The van der Waals surface area contributed by atoms with E-state index in [-0.39, 0.29) is 5.69 Å². The molecule has 26 heavy (non-hydrogen) atoms. The highest BCUT2D eigenvalue weighted by atomic mass is 19.1. The van der Waals surface area contributed by atoms with Gasteiger partial charge in [0.15, 0.2) is 0 Å². The van der Waals surface area contributed by atoms with E-state index in [4.69, 9.17) is 0 Å². The molecule has 0 aliphatic carbocycles. The summed E-state index contributed by atoms with van der Waals surface area (Å²) in [6.45, 7) is 3.97. The number of hydrogen-bond acceptors (Lipinski definition) is 4. The third-order valence-corrected chi connectivity index (χ3v) is 3.89. The van der Waals surface area contributed by atoms with Crippen molar-refractivity contribution < 1.29 is 19.1 Å². The summed E-state index contributed by atoms with van der Waals surface area (Å²) in [5.41, 5.74) is -2.59. The van der Waals surface area contributed by atoms with Gasteiger partial charge in [0, 0.05) is 19.3 Å². The normalized spacial score (nSPS) is 10.6. The average Bonchev–Trinajstić information content (AvgIpc) is 2.60. The number of rotatable bonds is 6. The van der Waals surface area contributed by atoms with Gasteiger partial charge in [0.1, 0.15) is 17.9 Å². The van der Waals surface area contributed by atoms with Crippen molar-refractivity contribution in [2.75, 3.05) is 13.1 Å². The maximum atomic E-state index is 13.1. The molecule has 1 amide bonds. The molecule has 0 aliphatic rings. The first-order chi connectivity index (χ1) is 12.3. The fourth-order valence-electron chi connectivity index (χ4n) is 2.50. The van der Waals surface area contributed by atoms with Crippen LogP contribution in [0.1, 0.15) is 24.2 Å². The van der Waals surface area contributed by atoms with Crippen LogP contribution in [0.15, 0.2) is 40.1 Å². The zero-order chi connectivity index (χ0) is 19.4. The first-order valence-electron chi connectivity index (χ1n) is 7.93. The second-order valence-corrected chi connectivity index (χ2v) is 5.44. The highest BCUT2D eigenvalue weighted by molar-refractivity contribution is 5.87. The number of carboxylic acids is 1. The lowest BCUT2D eigenvalue weighted by Gasteiger charge is -2.19. The van der Waals surface area contributed by atoms with Crippen molar-refractivity contribution in [1.29, 1.82) is 0 Å². The number of carbonyl (C=O) groups is 2. The van der Waals surface area contributed by atoms with E-state index in [0.717, 1.165) is 22.9 Å². The van der Waals surface area contributed by atoms with Crippen LogP contribution in [-0.2, 0) is 11.3 Å². The van der Waals surface area contributed by atoms with Crippen molar-refractivity contribution in [3.8, 4) is 5.69 Å². The zero-order valence-electron chi connectivity index (χ0n) is 14.3. The SMILES string of the molecule is CCN(CC)C(=O)Cn1cc(C(=O)O)c(=O)n(-c2ccc(F)cc2)c1=O. The molecule has 0 saturated heterocycles. The minimum absolute atomic E-state index is 0.00791. The van der Waals surface area contributed by atoms with Crippen molar-refractivity contribution in [2.24, 2.45) is 0 Å². The van der Waals surface area contributed by atoms with Gasteiger partial charge in [0.25, 0.3) is 5.56 Å². The second kappa shape index (κ2) is 7.77. The van der Waals surface area contributed by atoms with Crippen LogP contribution in [0.2, 0.25) is 0 Å². The predicted molar refractivity (Wildman–Crippen MR) is 91.1 cm³/mol. The Morgan fingerprint density at radius 2 is 1.69 bits per heavy atom. The molecule has 0 spiro atoms. The van der Waals surface area contributed by atoms with Crippen LogP contribution < -0.4 is 11.2 Å².